The van der Waals surface area contributed by atoms with Gasteiger partial charge in [-0.15, -0.1) is 0 Å². The van der Waals surface area contributed by atoms with E-state index in [1.165, 1.54) is 5.56 Å². The summed E-state index contributed by atoms with van der Waals surface area (Å²) in [4.78, 5) is 16.3. The fourth-order valence-electron chi connectivity index (χ4n) is 3.46. The molecule has 1 aromatic carbocycles. The first-order chi connectivity index (χ1) is 12.8. The van der Waals surface area contributed by atoms with Gasteiger partial charge in [-0.1, -0.05) is 23.7 Å². The van der Waals surface area contributed by atoms with Gasteiger partial charge < -0.3 is 14.5 Å². The average Bonchev–Trinajstić information content (AvgIpc) is 2.69. The molecule has 26 heavy (non-hydrogen) atoms. The Morgan fingerprint density at radius 2 is 1.77 bits per heavy atom. The monoisotopic (exact) mass is 373 g/mol. The molecule has 6 nitrogen and oxygen atoms in total. The highest BCUT2D eigenvalue weighted by atomic mass is 35.5. The number of benzene rings is 1. The summed E-state index contributed by atoms with van der Waals surface area (Å²) in [5, 5.41) is 0.800. The van der Waals surface area contributed by atoms with E-state index < -0.39 is 0 Å². The molecule has 2 aliphatic heterocycles. The van der Waals surface area contributed by atoms with Crippen molar-refractivity contribution in [2.45, 2.75) is 6.54 Å². The van der Waals surface area contributed by atoms with Crippen LogP contribution in [0.25, 0.3) is 0 Å². The number of anilines is 2. The van der Waals surface area contributed by atoms with Crippen LogP contribution >= 0.6 is 11.6 Å². The maximum Gasteiger partial charge on any atom is 0.227 e. The summed E-state index contributed by atoms with van der Waals surface area (Å²) in [5.74, 6) is 1.83. The molecule has 2 fully saturated rings. The van der Waals surface area contributed by atoms with E-state index in [2.05, 4.69) is 25.8 Å². The fourth-order valence-corrected chi connectivity index (χ4v) is 3.67. The molecule has 138 valence electrons. The Hall–Kier alpha value is -1.89. The second kappa shape index (κ2) is 8.20. The molecular formula is C19H24ClN5O. The van der Waals surface area contributed by atoms with Crippen LogP contribution in [0.15, 0.2) is 36.5 Å². The van der Waals surface area contributed by atoms with Gasteiger partial charge in [0, 0.05) is 57.0 Å². The molecule has 7 heteroatoms. The second-order valence-electron chi connectivity index (χ2n) is 6.71. The molecule has 2 saturated heterocycles. The Morgan fingerprint density at radius 1 is 0.962 bits per heavy atom. The minimum Gasteiger partial charge on any atom is -0.378 e. The van der Waals surface area contributed by atoms with Gasteiger partial charge in [-0.3, -0.25) is 4.90 Å². The molecule has 0 atom stereocenters. The van der Waals surface area contributed by atoms with E-state index in [0.29, 0.717) is 0 Å². The third-order valence-corrected chi connectivity index (χ3v) is 5.15. The third-order valence-electron chi connectivity index (χ3n) is 4.91. The Morgan fingerprint density at radius 3 is 2.54 bits per heavy atom. The summed E-state index contributed by atoms with van der Waals surface area (Å²) in [6, 6.07) is 10.1. The Balaban J connectivity index is 1.35. The fraction of sp³-hybridized carbons (Fsp3) is 0.474. The number of piperazine rings is 1. The van der Waals surface area contributed by atoms with Gasteiger partial charge in [-0.05, 0) is 23.8 Å². The topological polar surface area (TPSA) is 44.7 Å². The molecule has 0 bridgehead atoms. The summed E-state index contributed by atoms with van der Waals surface area (Å²) in [6.45, 7) is 8.12. The van der Waals surface area contributed by atoms with Crippen molar-refractivity contribution in [3.05, 3.63) is 47.1 Å². The first kappa shape index (κ1) is 17.5. The Bertz CT molecular complexity index is 729. The number of ether oxygens (including phenoxy) is 1. The summed E-state index contributed by atoms with van der Waals surface area (Å²) >= 11 is 6.09. The van der Waals surface area contributed by atoms with Gasteiger partial charge in [0.05, 0.1) is 13.2 Å². The minimum absolute atomic E-state index is 0.765. The van der Waals surface area contributed by atoms with Crippen molar-refractivity contribution in [2.75, 3.05) is 62.3 Å². The van der Waals surface area contributed by atoms with Crippen molar-refractivity contribution in [3.63, 3.8) is 0 Å². The summed E-state index contributed by atoms with van der Waals surface area (Å²) in [6.07, 6.45) is 1.87. The van der Waals surface area contributed by atoms with Crippen LogP contribution in [0.3, 0.4) is 0 Å². The Labute approximate surface area is 159 Å². The highest BCUT2D eigenvalue weighted by molar-refractivity contribution is 6.30. The number of rotatable bonds is 4. The van der Waals surface area contributed by atoms with Crippen LogP contribution in [0.1, 0.15) is 5.56 Å². The number of nitrogens with zero attached hydrogens (tertiary/aromatic N) is 5. The molecule has 1 aromatic heterocycles. The van der Waals surface area contributed by atoms with Crippen LogP contribution in [-0.4, -0.2) is 67.4 Å². The molecule has 0 radical (unpaired) electrons. The maximum atomic E-state index is 6.09. The van der Waals surface area contributed by atoms with E-state index in [4.69, 9.17) is 21.3 Å². The van der Waals surface area contributed by atoms with Crippen molar-refractivity contribution in [1.29, 1.82) is 0 Å². The third kappa shape index (κ3) is 4.26. The van der Waals surface area contributed by atoms with Gasteiger partial charge in [0.2, 0.25) is 5.95 Å². The Kier molecular flexibility index (Phi) is 5.53. The van der Waals surface area contributed by atoms with Gasteiger partial charge >= 0.3 is 0 Å². The standard InChI is InChI=1S/C19H24ClN5O/c20-17-3-1-2-16(14-17)15-23-6-8-25(9-7-23)19-21-5-4-18(22-19)24-10-12-26-13-11-24/h1-5,14H,6-13,15H2. The van der Waals surface area contributed by atoms with E-state index in [1.54, 1.807) is 0 Å². The van der Waals surface area contributed by atoms with E-state index >= 15 is 0 Å². The van der Waals surface area contributed by atoms with Gasteiger partial charge in [0.1, 0.15) is 5.82 Å². The molecule has 0 unspecified atom stereocenters. The van der Waals surface area contributed by atoms with Crippen LogP contribution in [0.5, 0.6) is 0 Å². The first-order valence-electron chi connectivity index (χ1n) is 9.15. The van der Waals surface area contributed by atoms with Crippen molar-refractivity contribution >= 4 is 23.4 Å². The predicted octanol–water partition coefficient (Wildman–Crippen LogP) is 2.29. The highest BCUT2D eigenvalue weighted by Crippen LogP contribution is 2.19. The van der Waals surface area contributed by atoms with Crippen LogP contribution < -0.4 is 9.80 Å². The quantitative estimate of drug-likeness (QED) is 0.819. The van der Waals surface area contributed by atoms with E-state index in [1.807, 2.05) is 30.5 Å². The highest BCUT2D eigenvalue weighted by Gasteiger charge is 2.20. The van der Waals surface area contributed by atoms with Crippen molar-refractivity contribution < 1.29 is 4.74 Å². The van der Waals surface area contributed by atoms with Gasteiger partial charge in [0.15, 0.2) is 0 Å². The van der Waals surface area contributed by atoms with E-state index in [0.717, 1.165) is 75.8 Å². The molecular weight excluding hydrogens is 350 g/mol. The minimum atomic E-state index is 0.765. The zero-order valence-electron chi connectivity index (χ0n) is 14.9. The second-order valence-corrected chi connectivity index (χ2v) is 7.14. The summed E-state index contributed by atoms with van der Waals surface area (Å²) in [7, 11) is 0. The largest absolute Gasteiger partial charge is 0.378 e. The molecule has 2 aliphatic rings. The average molecular weight is 374 g/mol. The molecule has 0 N–H and O–H groups in total. The van der Waals surface area contributed by atoms with Gasteiger partial charge in [-0.25, -0.2) is 4.98 Å². The lowest BCUT2D eigenvalue weighted by Gasteiger charge is -2.35. The lowest BCUT2D eigenvalue weighted by Crippen LogP contribution is -2.46. The summed E-state index contributed by atoms with van der Waals surface area (Å²) < 4.78 is 5.43. The van der Waals surface area contributed by atoms with Crippen molar-refractivity contribution in [3.8, 4) is 0 Å². The number of aromatic nitrogens is 2. The number of hydrogen-bond acceptors (Lipinski definition) is 6. The molecule has 0 aliphatic carbocycles. The SMILES string of the molecule is Clc1cccc(CN2CCN(c3nccc(N4CCOCC4)n3)CC2)c1. The van der Waals surface area contributed by atoms with Crippen LogP contribution in [0.2, 0.25) is 5.02 Å². The molecule has 0 spiro atoms. The lowest BCUT2D eigenvalue weighted by atomic mass is 10.2. The van der Waals surface area contributed by atoms with Crippen molar-refractivity contribution in [2.24, 2.45) is 0 Å². The van der Waals surface area contributed by atoms with Crippen molar-refractivity contribution in [1.82, 2.24) is 14.9 Å². The lowest BCUT2D eigenvalue weighted by molar-refractivity contribution is 0.122. The van der Waals surface area contributed by atoms with Gasteiger partial charge in [-0.2, -0.15) is 4.98 Å². The van der Waals surface area contributed by atoms with E-state index in [9.17, 15) is 0 Å². The van der Waals surface area contributed by atoms with Crippen LogP contribution in [0.4, 0.5) is 11.8 Å². The first-order valence-corrected chi connectivity index (χ1v) is 9.53. The van der Waals surface area contributed by atoms with Gasteiger partial charge in [0.25, 0.3) is 0 Å². The number of halogens is 1. The van der Waals surface area contributed by atoms with Crippen LogP contribution in [0, 0.1) is 0 Å². The normalized spacial score (nSPS) is 19.0. The van der Waals surface area contributed by atoms with Crippen LogP contribution in [-0.2, 0) is 11.3 Å². The molecule has 0 saturated carbocycles. The number of morpholine rings is 1. The van der Waals surface area contributed by atoms with E-state index in [-0.39, 0.29) is 0 Å². The maximum absolute atomic E-state index is 6.09. The molecule has 4 rings (SSSR count). The number of hydrogen-bond donors (Lipinski definition) is 0. The zero-order valence-corrected chi connectivity index (χ0v) is 15.6. The molecule has 2 aromatic rings. The summed E-state index contributed by atoms with van der Waals surface area (Å²) in [5.41, 5.74) is 1.26. The molecule has 0 amide bonds. The molecule has 3 heterocycles. The predicted molar refractivity (Wildman–Crippen MR) is 104 cm³/mol. The smallest absolute Gasteiger partial charge is 0.227 e. The zero-order chi connectivity index (χ0) is 17.8.